The van der Waals surface area contributed by atoms with Gasteiger partial charge in [0.2, 0.25) is 0 Å². The van der Waals surface area contributed by atoms with Crippen molar-refractivity contribution in [1.29, 1.82) is 0 Å². The predicted molar refractivity (Wildman–Crippen MR) is 62.1 cm³/mol. The minimum Gasteiger partial charge on any atom is -0.352 e. The van der Waals surface area contributed by atoms with Gasteiger partial charge in [-0.15, -0.1) is 0 Å². The van der Waals surface area contributed by atoms with Crippen LogP contribution in [0, 0.1) is 18.6 Å². The Hall–Kier alpha value is -2.14. The van der Waals surface area contributed by atoms with Crippen LogP contribution in [0.15, 0.2) is 17.2 Å². The molecular weight excluding hydrogens is 242 g/mol. The maximum atomic E-state index is 13.3. The molecule has 0 aliphatic heterocycles. The van der Waals surface area contributed by atoms with Gasteiger partial charge in [0.25, 0.3) is 5.91 Å². The van der Waals surface area contributed by atoms with Crippen LogP contribution >= 0.6 is 0 Å². The molecule has 0 unspecified atom stereocenters. The van der Waals surface area contributed by atoms with Crippen molar-refractivity contribution in [1.82, 2.24) is 5.32 Å². The second-order valence-corrected chi connectivity index (χ2v) is 3.65. The molecule has 0 radical (unpaired) electrons. The zero-order chi connectivity index (χ0) is 13.5. The maximum absolute atomic E-state index is 13.3. The molecule has 0 spiro atoms. The van der Waals surface area contributed by atoms with Crippen LogP contribution in [0.5, 0.6) is 0 Å². The molecule has 1 aromatic rings. The van der Waals surface area contributed by atoms with E-state index in [0.29, 0.717) is 12.5 Å². The summed E-state index contributed by atoms with van der Waals surface area (Å²) in [5.74, 6) is -2.20. The van der Waals surface area contributed by atoms with Crippen LogP contribution in [0.1, 0.15) is 22.3 Å². The molecular formula is C11H12F2N4O. The third kappa shape index (κ3) is 3.71. The number of hydrogen-bond donors (Lipinski definition) is 1. The summed E-state index contributed by atoms with van der Waals surface area (Å²) < 4.78 is 26.3. The molecule has 0 saturated carbocycles. The Morgan fingerprint density at radius 3 is 2.83 bits per heavy atom. The molecule has 0 aliphatic rings. The van der Waals surface area contributed by atoms with Gasteiger partial charge in [-0.3, -0.25) is 4.79 Å². The van der Waals surface area contributed by atoms with Gasteiger partial charge in [0.05, 0.1) is 5.56 Å². The average molecular weight is 254 g/mol. The van der Waals surface area contributed by atoms with Gasteiger partial charge in [0, 0.05) is 24.1 Å². The van der Waals surface area contributed by atoms with Crippen molar-refractivity contribution in [2.24, 2.45) is 5.11 Å². The number of nitrogens with one attached hydrogen (secondary N) is 1. The third-order valence-electron chi connectivity index (χ3n) is 2.28. The lowest BCUT2D eigenvalue weighted by Gasteiger charge is -2.06. The van der Waals surface area contributed by atoms with Crippen LogP contribution in [0.4, 0.5) is 8.78 Å². The Morgan fingerprint density at radius 1 is 1.44 bits per heavy atom. The minimum atomic E-state index is -0.898. The normalized spacial score (nSPS) is 9.72. The van der Waals surface area contributed by atoms with Gasteiger partial charge in [0.15, 0.2) is 0 Å². The zero-order valence-electron chi connectivity index (χ0n) is 9.78. The van der Waals surface area contributed by atoms with Gasteiger partial charge in [-0.05, 0) is 30.5 Å². The van der Waals surface area contributed by atoms with E-state index in [4.69, 9.17) is 5.53 Å². The highest BCUT2D eigenvalue weighted by atomic mass is 19.1. The molecule has 96 valence electrons. The van der Waals surface area contributed by atoms with E-state index < -0.39 is 17.5 Å². The number of halogens is 2. The van der Waals surface area contributed by atoms with E-state index in [-0.39, 0.29) is 24.2 Å². The molecule has 0 aromatic heterocycles. The Morgan fingerprint density at radius 2 is 2.17 bits per heavy atom. The molecule has 5 nitrogen and oxygen atoms in total. The first-order valence-electron chi connectivity index (χ1n) is 5.31. The van der Waals surface area contributed by atoms with Crippen LogP contribution < -0.4 is 5.32 Å². The van der Waals surface area contributed by atoms with Crippen molar-refractivity contribution in [2.75, 3.05) is 13.1 Å². The molecule has 0 aliphatic carbocycles. The van der Waals surface area contributed by atoms with Crippen LogP contribution in [-0.4, -0.2) is 19.0 Å². The fourth-order valence-electron chi connectivity index (χ4n) is 1.32. The quantitative estimate of drug-likeness (QED) is 0.373. The van der Waals surface area contributed by atoms with Gasteiger partial charge in [0.1, 0.15) is 11.6 Å². The van der Waals surface area contributed by atoms with Crippen LogP contribution in [0.3, 0.4) is 0 Å². The first-order valence-corrected chi connectivity index (χ1v) is 5.31. The van der Waals surface area contributed by atoms with Crippen LogP contribution in [-0.2, 0) is 0 Å². The van der Waals surface area contributed by atoms with Crippen LogP contribution in [0.25, 0.3) is 10.4 Å². The highest BCUT2D eigenvalue weighted by Crippen LogP contribution is 2.13. The Bertz CT molecular complexity index is 498. The average Bonchev–Trinajstić information content (AvgIpc) is 2.33. The topological polar surface area (TPSA) is 77.9 Å². The van der Waals surface area contributed by atoms with E-state index in [1.807, 2.05) is 0 Å². The SMILES string of the molecule is Cc1cc(C(=O)NCCCN=[N+]=[N-])c(F)cc1F. The lowest BCUT2D eigenvalue weighted by Crippen LogP contribution is -2.26. The molecule has 18 heavy (non-hydrogen) atoms. The molecule has 1 aromatic carbocycles. The summed E-state index contributed by atoms with van der Waals surface area (Å²) in [5.41, 5.74) is 8.04. The summed E-state index contributed by atoms with van der Waals surface area (Å²) >= 11 is 0. The first-order chi connectivity index (χ1) is 8.56. The third-order valence-corrected chi connectivity index (χ3v) is 2.28. The molecule has 0 fully saturated rings. The highest BCUT2D eigenvalue weighted by Gasteiger charge is 2.13. The van der Waals surface area contributed by atoms with E-state index in [9.17, 15) is 13.6 Å². The molecule has 0 heterocycles. The summed E-state index contributed by atoms with van der Waals surface area (Å²) in [4.78, 5) is 14.1. The number of carbonyl (C=O) groups excluding carboxylic acids is 1. The molecule has 0 saturated heterocycles. The molecule has 0 atom stereocenters. The Balaban J connectivity index is 2.61. The summed E-state index contributed by atoms with van der Waals surface area (Å²) in [5, 5.41) is 5.75. The summed E-state index contributed by atoms with van der Waals surface area (Å²) in [7, 11) is 0. The highest BCUT2D eigenvalue weighted by molar-refractivity contribution is 5.94. The number of nitrogens with zero attached hydrogens (tertiary/aromatic N) is 3. The number of carbonyl (C=O) groups is 1. The number of benzene rings is 1. The predicted octanol–water partition coefficient (Wildman–Crippen LogP) is 2.70. The summed E-state index contributed by atoms with van der Waals surface area (Å²) in [6.07, 6.45) is 0.456. The molecule has 1 N–H and O–H groups in total. The number of aryl methyl sites for hydroxylation is 1. The minimum absolute atomic E-state index is 0.197. The van der Waals surface area contributed by atoms with Crippen molar-refractivity contribution in [3.8, 4) is 0 Å². The number of amides is 1. The molecule has 0 bridgehead atoms. The van der Waals surface area contributed by atoms with Crippen molar-refractivity contribution < 1.29 is 13.6 Å². The first kappa shape index (κ1) is 13.9. The lowest BCUT2D eigenvalue weighted by atomic mass is 10.1. The second-order valence-electron chi connectivity index (χ2n) is 3.65. The van der Waals surface area contributed by atoms with E-state index in [1.165, 1.54) is 6.92 Å². The van der Waals surface area contributed by atoms with Gasteiger partial charge < -0.3 is 5.32 Å². The lowest BCUT2D eigenvalue weighted by molar-refractivity contribution is 0.0949. The molecule has 7 heteroatoms. The van der Waals surface area contributed by atoms with Gasteiger partial charge in [-0.1, -0.05) is 5.11 Å². The Labute approximate surface area is 102 Å². The summed E-state index contributed by atoms with van der Waals surface area (Å²) in [6.45, 7) is 1.96. The van der Waals surface area contributed by atoms with Gasteiger partial charge >= 0.3 is 0 Å². The number of rotatable bonds is 5. The summed E-state index contributed by atoms with van der Waals surface area (Å²) in [6, 6.07) is 1.84. The Kier molecular flexibility index (Phi) is 5.07. The molecule has 1 amide bonds. The van der Waals surface area contributed by atoms with E-state index in [0.717, 1.165) is 6.07 Å². The van der Waals surface area contributed by atoms with E-state index in [2.05, 4.69) is 15.3 Å². The fourth-order valence-corrected chi connectivity index (χ4v) is 1.32. The van der Waals surface area contributed by atoms with Crippen molar-refractivity contribution in [2.45, 2.75) is 13.3 Å². The van der Waals surface area contributed by atoms with Crippen molar-refractivity contribution >= 4 is 5.91 Å². The van der Waals surface area contributed by atoms with Crippen molar-refractivity contribution in [3.63, 3.8) is 0 Å². The zero-order valence-corrected chi connectivity index (χ0v) is 9.78. The van der Waals surface area contributed by atoms with Gasteiger partial charge in [-0.25, -0.2) is 8.78 Å². The fraction of sp³-hybridized carbons (Fsp3) is 0.364. The molecule has 1 rings (SSSR count). The largest absolute Gasteiger partial charge is 0.352 e. The standard InChI is InChI=1S/C11H12F2N4O/c1-7-5-8(10(13)6-9(7)12)11(18)15-3-2-4-16-17-14/h5-6H,2-4H2,1H3,(H,15,18). The van der Waals surface area contributed by atoms with Crippen LogP contribution in [0.2, 0.25) is 0 Å². The number of azide groups is 1. The van der Waals surface area contributed by atoms with Gasteiger partial charge in [-0.2, -0.15) is 0 Å². The number of hydrogen-bond acceptors (Lipinski definition) is 2. The van der Waals surface area contributed by atoms with E-state index >= 15 is 0 Å². The van der Waals surface area contributed by atoms with E-state index in [1.54, 1.807) is 0 Å². The second kappa shape index (κ2) is 6.56. The van der Waals surface area contributed by atoms with Crippen molar-refractivity contribution in [3.05, 3.63) is 45.3 Å². The monoisotopic (exact) mass is 254 g/mol. The maximum Gasteiger partial charge on any atom is 0.254 e. The smallest absolute Gasteiger partial charge is 0.254 e.